The van der Waals surface area contributed by atoms with E-state index >= 15 is 0 Å². The fraction of sp³-hybridized carbons (Fsp3) is 0.375. The van der Waals surface area contributed by atoms with Gasteiger partial charge in [-0.1, -0.05) is 65.3 Å². The molecular formula is C24H27N3O4. The molecule has 4 rings (SSSR count). The number of nitrogens with one attached hydrogen (secondary N) is 1. The molecule has 2 heterocycles. The maximum Gasteiger partial charge on any atom is 0.265 e. The Morgan fingerprint density at radius 1 is 1.10 bits per heavy atom. The van der Waals surface area contributed by atoms with Crippen LogP contribution in [-0.4, -0.2) is 60.9 Å². The second-order valence-electron chi connectivity index (χ2n) is 7.89. The van der Waals surface area contributed by atoms with Gasteiger partial charge in [0.15, 0.2) is 0 Å². The Morgan fingerprint density at radius 2 is 1.81 bits per heavy atom. The molecule has 0 aromatic heterocycles. The number of carbonyl (C=O) groups is 2. The van der Waals surface area contributed by atoms with Gasteiger partial charge in [-0.25, -0.2) is 0 Å². The predicted molar refractivity (Wildman–Crippen MR) is 117 cm³/mol. The number of amides is 2. The average Bonchev–Trinajstić information content (AvgIpc) is 3.30. The first-order chi connectivity index (χ1) is 15.1. The van der Waals surface area contributed by atoms with Crippen LogP contribution in [0.15, 0.2) is 59.8 Å². The van der Waals surface area contributed by atoms with Crippen molar-refractivity contribution < 1.29 is 19.2 Å². The van der Waals surface area contributed by atoms with E-state index in [1.54, 1.807) is 4.90 Å². The Balaban J connectivity index is 1.42. The van der Waals surface area contributed by atoms with Crippen LogP contribution in [0.3, 0.4) is 0 Å². The normalized spacial score (nSPS) is 19.3. The molecule has 7 nitrogen and oxygen atoms in total. The number of hydrogen-bond acceptors (Lipinski definition) is 5. The van der Waals surface area contributed by atoms with E-state index < -0.39 is 12.1 Å². The van der Waals surface area contributed by atoms with E-state index in [2.05, 4.69) is 10.5 Å². The van der Waals surface area contributed by atoms with E-state index in [0.717, 1.165) is 22.4 Å². The molecule has 1 N–H and O–H groups in total. The second-order valence-corrected chi connectivity index (χ2v) is 7.89. The molecule has 2 aliphatic heterocycles. The molecule has 7 heteroatoms. The summed E-state index contributed by atoms with van der Waals surface area (Å²) in [6.07, 6.45) is 0.0481. The zero-order valence-corrected chi connectivity index (χ0v) is 17.6. The van der Waals surface area contributed by atoms with Crippen molar-refractivity contribution in [2.24, 2.45) is 5.16 Å². The van der Waals surface area contributed by atoms with Crippen molar-refractivity contribution >= 4 is 17.5 Å². The number of ether oxygens (including phenoxy) is 1. The van der Waals surface area contributed by atoms with Gasteiger partial charge < -0.3 is 19.8 Å². The van der Waals surface area contributed by atoms with Gasteiger partial charge in [0.1, 0.15) is 6.04 Å². The monoisotopic (exact) mass is 421 g/mol. The molecule has 2 aromatic carbocycles. The third-order valence-electron chi connectivity index (χ3n) is 5.57. The van der Waals surface area contributed by atoms with E-state index in [0.29, 0.717) is 39.1 Å². The number of rotatable bonds is 6. The molecule has 0 radical (unpaired) electrons. The number of aryl methyl sites for hydroxylation is 1. The van der Waals surface area contributed by atoms with Gasteiger partial charge in [0.2, 0.25) is 12.0 Å². The van der Waals surface area contributed by atoms with Crippen LogP contribution in [-0.2, 0) is 25.6 Å². The molecule has 1 saturated heterocycles. The molecule has 31 heavy (non-hydrogen) atoms. The lowest BCUT2D eigenvalue weighted by Gasteiger charge is -2.31. The molecule has 1 fully saturated rings. The number of benzene rings is 2. The zero-order chi connectivity index (χ0) is 21.6. The minimum atomic E-state index is -0.743. The maximum absolute atomic E-state index is 13.2. The smallest absolute Gasteiger partial charge is 0.265 e. The quantitative estimate of drug-likeness (QED) is 0.775. The van der Waals surface area contributed by atoms with Gasteiger partial charge in [0.05, 0.1) is 18.9 Å². The van der Waals surface area contributed by atoms with Crippen LogP contribution in [0.2, 0.25) is 0 Å². The third kappa shape index (κ3) is 5.30. The summed E-state index contributed by atoms with van der Waals surface area (Å²) in [5.41, 5.74) is 3.81. The molecule has 2 aromatic rings. The molecule has 0 spiro atoms. The fourth-order valence-corrected chi connectivity index (χ4v) is 3.75. The maximum atomic E-state index is 13.2. The fourth-order valence-electron chi connectivity index (χ4n) is 3.75. The zero-order valence-electron chi connectivity index (χ0n) is 17.6. The van der Waals surface area contributed by atoms with Crippen molar-refractivity contribution in [1.29, 1.82) is 0 Å². The molecule has 2 amide bonds. The molecule has 2 aliphatic rings. The van der Waals surface area contributed by atoms with E-state index in [-0.39, 0.29) is 11.8 Å². The first kappa shape index (κ1) is 21.1. The van der Waals surface area contributed by atoms with Crippen LogP contribution < -0.4 is 5.32 Å². The van der Waals surface area contributed by atoms with Crippen molar-refractivity contribution in [3.05, 3.63) is 71.3 Å². The first-order valence-electron chi connectivity index (χ1n) is 10.6. The van der Waals surface area contributed by atoms with E-state index in [1.807, 2.05) is 61.5 Å². The Labute approximate surface area is 182 Å². The molecular weight excluding hydrogens is 394 g/mol. The summed E-state index contributed by atoms with van der Waals surface area (Å²) in [5.74, 6) is -0.424. The van der Waals surface area contributed by atoms with Crippen LogP contribution in [0, 0.1) is 6.92 Å². The molecule has 0 bridgehead atoms. The summed E-state index contributed by atoms with van der Waals surface area (Å²) in [6.45, 7) is 4.10. The molecule has 0 saturated carbocycles. The number of nitrogens with zero attached hydrogens (tertiary/aromatic N) is 2. The summed E-state index contributed by atoms with van der Waals surface area (Å²) in [7, 11) is 0. The van der Waals surface area contributed by atoms with E-state index in [4.69, 9.17) is 9.57 Å². The SMILES string of the molecule is Cc1ccc(C2=NO[C@@H](C(=O)N[C@H](Cc3ccccc3)C(=O)N3CCOCC3)C2)cc1. The molecule has 0 unspecified atom stereocenters. The topological polar surface area (TPSA) is 80.2 Å². The molecule has 2 atom stereocenters. The van der Waals surface area contributed by atoms with Crippen LogP contribution in [0.5, 0.6) is 0 Å². The van der Waals surface area contributed by atoms with Crippen LogP contribution in [0.4, 0.5) is 0 Å². The van der Waals surface area contributed by atoms with Crippen LogP contribution >= 0.6 is 0 Å². The van der Waals surface area contributed by atoms with Gasteiger partial charge in [-0.05, 0) is 18.1 Å². The molecule has 0 aliphatic carbocycles. The Morgan fingerprint density at radius 3 is 2.52 bits per heavy atom. The highest BCUT2D eigenvalue weighted by atomic mass is 16.6. The lowest BCUT2D eigenvalue weighted by Crippen LogP contribution is -2.54. The van der Waals surface area contributed by atoms with Crippen molar-refractivity contribution in [2.45, 2.75) is 31.9 Å². The van der Waals surface area contributed by atoms with Gasteiger partial charge in [0.25, 0.3) is 5.91 Å². The minimum Gasteiger partial charge on any atom is -0.382 e. The first-order valence-corrected chi connectivity index (χ1v) is 10.6. The van der Waals surface area contributed by atoms with Crippen molar-refractivity contribution in [1.82, 2.24) is 10.2 Å². The second kappa shape index (κ2) is 9.75. The highest BCUT2D eigenvalue weighted by Crippen LogP contribution is 2.18. The standard InChI is InChI=1S/C24H27N3O4/c1-17-7-9-19(10-8-17)20-16-22(31-26-20)23(28)25-21(15-18-5-3-2-4-6-18)24(29)27-11-13-30-14-12-27/h2-10,21-22H,11-16H2,1H3,(H,25,28)/t21-,22-/m1/s1. The number of morpholine rings is 1. The van der Waals surface area contributed by atoms with Crippen LogP contribution in [0.25, 0.3) is 0 Å². The van der Waals surface area contributed by atoms with Gasteiger partial charge in [-0.2, -0.15) is 0 Å². The van der Waals surface area contributed by atoms with Gasteiger partial charge >= 0.3 is 0 Å². The van der Waals surface area contributed by atoms with Crippen LogP contribution in [0.1, 0.15) is 23.1 Å². The van der Waals surface area contributed by atoms with Gasteiger partial charge in [-0.3, -0.25) is 9.59 Å². The van der Waals surface area contributed by atoms with Gasteiger partial charge in [0, 0.05) is 25.9 Å². The highest BCUT2D eigenvalue weighted by Gasteiger charge is 2.33. The molecule has 162 valence electrons. The lowest BCUT2D eigenvalue weighted by molar-refractivity contribution is -0.142. The average molecular weight is 421 g/mol. The number of carbonyl (C=O) groups excluding carboxylic acids is 2. The van der Waals surface area contributed by atoms with E-state index in [1.165, 1.54) is 0 Å². The largest absolute Gasteiger partial charge is 0.382 e. The Kier molecular flexibility index (Phi) is 6.62. The minimum absolute atomic E-state index is 0.0989. The summed E-state index contributed by atoms with van der Waals surface area (Å²) < 4.78 is 5.36. The van der Waals surface area contributed by atoms with Crippen molar-refractivity contribution in [3.8, 4) is 0 Å². The Hall–Kier alpha value is -3.19. The summed E-state index contributed by atoms with van der Waals surface area (Å²) >= 11 is 0. The predicted octanol–water partition coefficient (Wildman–Crippen LogP) is 2.07. The highest BCUT2D eigenvalue weighted by molar-refractivity contribution is 6.04. The van der Waals surface area contributed by atoms with Gasteiger partial charge in [-0.15, -0.1) is 0 Å². The van der Waals surface area contributed by atoms with Crippen molar-refractivity contribution in [3.63, 3.8) is 0 Å². The Bertz CT molecular complexity index is 937. The summed E-state index contributed by atoms with van der Waals surface area (Å²) in [6, 6.07) is 17.0. The summed E-state index contributed by atoms with van der Waals surface area (Å²) in [4.78, 5) is 33.3. The van der Waals surface area contributed by atoms with E-state index in [9.17, 15) is 9.59 Å². The number of hydrogen-bond donors (Lipinski definition) is 1. The third-order valence-corrected chi connectivity index (χ3v) is 5.57. The summed E-state index contributed by atoms with van der Waals surface area (Å²) in [5, 5.41) is 7.02. The lowest BCUT2D eigenvalue weighted by atomic mass is 10.0. The number of oxime groups is 1. The van der Waals surface area contributed by atoms with Crippen molar-refractivity contribution in [2.75, 3.05) is 26.3 Å².